The molecule has 0 radical (unpaired) electrons. The van der Waals surface area contributed by atoms with Crippen LogP contribution in [-0.4, -0.2) is 30.5 Å². The van der Waals surface area contributed by atoms with E-state index in [-0.39, 0.29) is 12.5 Å². The van der Waals surface area contributed by atoms with Gasteiger partial charge in [0.05, 0.1) is 0 Å². The maximum atomic E-state index is 12.1. The van der Waals surface area contributed by atoms with Gasteiger partial charge in [0.25, 0.3) is 5.91 Å². The number of anilines is 1. The molecule has 0 heterocycles. The van der Waals surface area contributed by atoms with E-state index in [0.717, 1.165) is 25.3 Å². The maximum Gasteiger partial charge on any atom is 0.262 e. The molecule has 0 saturated carbocycles. The SMILES string of the molecule is CCN(CC)Cc1ccc(NC(=O)COc2ccc(C(C)C)cc2)cc1. The van der Waals surface area contributed by atoms with Gasteiger partial charge < -0.3 is 10.1 Å². The van der Waals surface area contributed by atoms with Gasteiger partial charge in [0.1, 0.15) is 5.75 Å². The second kappa shape index (κ2) is 9.97. The number of amides is 1. The van der Waals surface area contributed by atoms with Gasteiger partial charge in [0.2, 0.25) is 0 Å². The number of carbonyl (C=O) groups is 1. The van der Waals surface area contributed by atoms with Gasteiger partial charge in [-0.3, -0.25) is 9.69 Å². The predicted molar refractivity (Wildman–Crippen MR) is 108 cm³/mol. The quantitative estimate of drug-likeness (QED) is 0.711. The highest BCUT2D eigenvalue weighted by Gasteiger charge is 2.06. The molecule has 0 saturated heterocycles. The lowest BCUT2D eigenvalue weighted by Gasteiger charge is -2.18. The normalized spacial score (nSPS) is 11.0. The Labute approximate surface area is 157 Å². The summed E-state index contributed by atoms with van der Waals surface area (Å²) in [5.41, 5.74) is 3.29. The fourth-order valence-corrected chi connectivity index (χ4v) is 2.69. The first-order chi connectivity index (χ1) is 12.5. The second-order valence-electron chi connectivity index (χ2n) is 6.72. The second-order valence-corrected chi connectivity index (χ2v) is 6.72. The molecule has 0 atom stereocenters. The molecule has 0 fully saturated rings. The Morgan fingerprint density at radius 1 is 1.00 bits per heavy atom. The molecule has 0 unspecified atom stereocenters. The summed E-state index contributed by atoms with van der Waals surface area (Å²) in [6, 6.07) is 15.9. The molecule has 140 valence electrons. The Morgan fingerprint density at radius 2 is 1.62 bits per heavy atom. The third-order valence-corrected chi connectivity index (χ3v) is 4.45. The minimum Gasteiger partial charge on any atom is -0.484 e. The Morgan fingerprint density at radius 3 is 2.15 bits per heavy atom. The summed E-state index contributed by atoms with van der Waals surface area (Å²) in [5, 5.41) is 2.87. The smallest absolute Gasteiger partial charge is 0.262 e. The number of hydrogen-bond acceptors (Lipinski definition) is 3. The summed E-state index contributed by atoms with van der Waals surface area (Å²) in [5.74, 6) is 1.03. The number of benzene rings is 2. The van der Waals surface area contributed by atoms with Crippen LogP contribution in [0.4, 0.5) is 5.69 Å². The topological polar surface area (TPSA) is 41.6 Å². The summed E-state index contributed by atoms with van der Waals surface area (Å²) >= 11 is 0. The fraction of sp³-hybridized carbons (Fsp3) is 0.409. The van der Waals surface area contributed by atoms with E-state index < -0.39 is 0 Å². The van der Waals surface area contributed by atoms with Gasteiger partial charge in [-0.2, -0.15) is 0 Å². The van der Waals surface area contributed by atoms with Crippen molar-refractivity contribution in [2.24, 2.45) is 0 Å². The van der Waals surface area contributed by atoms with Crippen molar-refractivity contribution in [3.8, 4) is 5.75 Å². The van der Waals surface area contributed by atoms with Gasteiger partial charge in [0, 0.05) is 12.2 Å². The molecule has 4 nitrogen and oxygen atoms in total. The van der Waals surface area contributed by atoms with Crippen LogP contribution < -0.4 is 10.1 Å². The summed E-state index contributed by atoms with van der Waals surface area (Å²) in [4.78, 5) is 14.4. The van der Waals surface area contributed by atoms with Gasteiger partial charge in [-0.25, -0.2) is 0 Å². The molecule has 1 N–H and O–H groups in total. The van der Waals surface area contributed by atoms with Crippen LogP contribution in [0.15, 0.2) is 48.5 Å². The van der Waals surface area contributed by atoms with Crippen molar-refractivity contribution >= 4 is 11.6 Å². The minimum absolute atomic E-state index is 0.00221. The number of ether oxygens (including phenoxy) is 1. The number of nitrogens with one attached hydrogen (secondary N) is 1. The summed E-state index contributed by atoms with van der Waals surface area (Å²) in [6.45, 7) is 11.6. The molecule has 0 bridgehead atoms. The Hall–Kier alpha value is -2.33. The third-order valence-electron chi connectivity index (χ3n) is 4.45. The largest absolute Gasteiger partial charge is 0.484 e. The molecular formula is C22H30N2O2. The highest BCUT2D eigenvalue weighted by Crippen LogP contribution is 2.18. The predicted octanol–water partition coefficient (Wildman–Crippen LogP) is 4.67. The van der Waals surface area contributed by atoms with Crippen molar-refractivity contribution in [3.63, 3.8) is 0 Å². The first-order valence-electron chi connectivity index (χ1n) is 9.35. The molecule has 0 aliphatic carbocycles. The Kier molecular flexibility index (Phi) is 7.67. The lowest BCUT2D eigenvalue weighted by molar-refractivity contribution is -0.118. The van der Waals surface area contributed by atoms with E-state index in [2.05, 4.69) is 50.0 Å². The van der Waals surface area contributed by atoms with Crippen LogP contribution in [0.5, 0.6) is 5.75 Å². The standard InChI is InChI=1S/C22H30N2O2/c1-5-24(6-2)15-18-7-11-20(12-8-18)23-22(25)16-26-21-13-9-19(10-14-21)17(3)4/h7-14,17H,5-6,15-16H2,1-4H3,(H,23,25). The van der Waals surface area contributed by atoms with Crippen LogP contribution in [-0.2, 0) is 11.3 Å². The van der Waals surface area contributed by atoms with Crippen molar-refractivity contribution < 1.29 is 9.53 Å². The Balaban J connectivity index is 1.81. The van der Waals surface area contributed by atoms with Crippen LogP contribution in [0.3, 0.4) is 0 Å². The number of carbonyl (C=O) groups excluding carboxylic acids is 1. The van der Waals surface area contributed by atoms with Crippen molar-refractivity contribution in [2.45, 2.75) is 40.2 Å². The van der Waals surface area contributed by atoms with E-state index in [9.17, 15) is 4.79 Å². The fourth-order valence-electron chi connectivity index (χ4n) is 2.69. The van der Waals surface area contributed by atoms with Crippen molar-refractivity contribution in [1.82, 2.24) is 4.90 Å². The molecule has 2 aromatic rings. The zero-order valence-corrected chi connectivity index (χ0v) is 16.3. The van der Waals surface area contributed by atoms with E-state index in [1.54, 1.807) is 0 Å². The number of hydrogen-bond donors (Lipinski definition) is 1. The highest BCUT2D eigenvalue weighted by atomic mass is 16.5. The molecule has 1 amide bonds. The summed E-state index contributed by atoms with van der Waals surface area (Å²) in [7, 11) is 0. The zero-order valence-electron chi connectivity index (χ0n) is 16.3. The highest BCUT2D eigenvalue weighted by molar-refractivity contribution is 5.91. The van der Waals surface area contributed by atoms with E-state index in [4.69, 9.17) is 4.74 Å². The summed E-state index contributed by atoms with van der Waals surface area (Å²) in [6.07, 6.45) is 0. The molecule has 2 rings (SSSR count). The molecule has 2 aromatic carbocycles. The molecule has 0 aliphatic heterocycles. The zero-order chi connectivity index (χ0) is 18.9. The number of rotatable bonds is 9. The third kappa shape index (κ3) is 6.19. The van der Waals surface area contributed by atoms with Gasteiger partial charge in [-0.1, -0.05) is 52.0 Å². The molecule has 26 heavy (non-hydrogen) atoms. The average Bonchev–Trinajstić information content (AvgIpc) is 2.66. The van der Waals surface area contributed by atoms with Crippen molar-refractivity contribution in [3.05, 3.63) is 59.7 Å². The lowest BCUT2D eigenvalue weighted by Crippen LogP contribution is -2.22. The monoisotopic (exact) mass is 354 g/mol. The molecule has 0 aliphatic rings. The van der Waals surface area contributed by atoms with E-state index in [0.29, 0.717) is 11.7 Å². The average molecular weight is 354 g/mol. The first kappa shape index (κ1) is 20.0. The van der Waals surface area contributed by atoms with Gasteiger partial charge in [0.15, 0.2) is 6.61 Å². The van der Waals surface area contributed by atoms with Gasteiger partial charge in [-0.05, 0) is 54.4 Å². The van der Waals surface area contributed by atoms with Crippen molar-refractivity contribution in [2.75, 3.05) is 25.0 Å². The van der Waals surface area contributed by atoms with Crippen LogP contribution in [0, 0.1) is 0 Å². The van der Waals surface area contributed by atoms with Crippen LogP contribution in [0.2, 0.25) is 0 Å². The van der Waals surface area contributed by atoms with Gasteiger partial charge in [-0.15, -0.1) is 0 Å². The maximum absolute atomic E-state index is 12.1. The van der Waals surface area contributed by atoms with Crippen molar-refractivity contribution in [1.29, 1.82) is 0 Å². The van der Waals surface area contributed by atoms with E-state index >= 15 is 0 Å². The molecular weight excluding hydrogens is 324 g/mol. The molecule has 0 aromatic heterocycles. The summed E-state index contributed by atoms with van der Waals surface area (Å²) < 4.78 is 5.56. The van der Waals surface area contributed by atoms with Crippen LogP contribution >= 0.6 is 0 Å². The first-order valence-corrected chi connectivity index (χ1v) is 9.35. The van der Waals surface area contributed by atoms with E-state index in [1.165, 1.54) is 11.1 Å². The molecule has 0 spiro atoms. The minimum atomic E-state index is -0.158. The lowest BCUT2D eigenvalue weighted by atomic mass is 10.0. The number of nitrogens with zero attached hydrogens (tertiary/aromatic N) is 1. The molecule has 4 heteroatoms. The van der Waals surface area contributed by atoms with E-state index in [1.807, 2.05) is 36.4 Å². The van der Waals surface area contributed by atoms with Crippen LogP contribution in [0.25, 0.3) is 0 Å². The Bertz CT molecular complexity index is 674. The van der Waals surface area contributed by atoms with Gasteiger partial charge >= 0.3 is 0 Å². The van der Waals surface area contributed by atoms with Crippen LogP contribution in [0.1, 0.15) is 44.7 Å².